The van der Waals surface area contributed by atoms with Crippen molar-refractivity contribution in [2.45, 2.75) is 6.10 Å². The Kier molecular flexibility index (Phi) is 3.44. The molecule has 1 rings (SSSR count). The van der Waals surface area contributed by atoms with Crippen LogP contribution in [0.3, 0.4) is 0 Å². The van der Waals surface area contributed by atoms with Gasteiger partial charge >= 0.3 is 0 Å². The summed E-state index contributed by atoms with van der Waals surface area (Å²) in [6.45, 7) is 0. The predicted octanol–water partition coefficient (Wildman–Crippen LogP) is 2.30. The lowest BCUT2D eigenvalue weighted by atomic mass is 10.1. The average Bonchev–Trinajstić information content (AvgIpc) is 2.07. The van der Waals surface area contributed by atoms with E-state index in [1.165, 1.54) is 7.11 Å². The van der Waals surface area contributed by atoms with Gasteiger partial charge in [0, 0.05) is 7.11 Å². The molecule has 1 aromatic carbocycles. The van der Waals surface area contributed by atoms with Crippen molar-refractivity contribution < 1.29 is 9.53 Å². The monoisotopic (exact) mass is 228 g/mol. The zero-order valence-electron chi connectivity index (χ0n) is 6.66. The van der Waals surface area contributed by atoms with Gasteiger partial charge in [0.25, 0.3) is 0 Å². The molecule has 0 saturated heterocycles. The zero-order valence-corrected chi connectivity index (χ0v) is 8.24. The molecule has 0 aliphatic carbocycles. The first kappa shape index (κ1) is 9.42. The molecule has 2 nitrogen and oxygen atoms in total. The smallest absolute Gasteiger partial charge is 0.230 e. The molecule has 0 radical (unpaired) electrons. The molecule has 0 saturated carbocycles. The van der Waals surface area contributed by atoms with Crippen molar-refractivity contribution in [3.8, 4) is 0 Å². The first-order valence-electron chi connectivity index (χ1n) is 3.53. The second-order valence-electron chi connectivity index (χ2n) is 2.33. The number of halogens is 1. The van der Waals surface area contributed by atoms with E-state index in [1.807, 2.05) is 30.3 Å². The quantitative estimate of drug-likeness (QED) is 0.743. The molecule has 0 heterocycles. The molecular formula is C9H9BrO2. The van der Waals surface area contributed by atoms with Gasteiger partial charge in [-0.05, 0) is 21.5 Å². The maximum Gasteiger partial charge on any atom is 0.230 e. The van der Waals surface area contributed by atoms with Gasteiger partial charge in [-0.15, -0.1) is 0 Å². The number of hydrogen-bond acceptors (Lipinski definition) is 2. The summed E-state index contributed by atoms with van der Waals surface area (Å²) in [5, 5.41) is 0. The highest BCUT2D eigenvalue weighted by Gasteiger charge is 2.15. The van der Waals surface area contributed by atoms with Crippen molar-refractivity contribution in [3.63, 3.8) is 0 Å². The molecule has 0 aliphatic heterocycles. The molecular weight excluding hydrogens is 220 g/mol. The van der Waals surface area contributed by atoms with Gasteiger partial charge in [0.1, 0.15) is 0 Å². The molecule has 0 aromatic heterocycles. The van der Waals surface area contributed by atoms with Crippen LogP contribution in [-0.4, -0.2) is 11.8 Å². The molecule has 0 amide bonds. The SMILES string of the molecule is COC(C(=O)Br)c1ccccc1. The Bertz CT molecular complexity index is 258. The third-order valence-electron chi connectivity index (χ3n) is 1.54. The summed E-state index contributed by atoms with van der Waals surface area (Å²) in [5.41, 5.74) is 0.863. The van der Waals surface area contributed by atoms with E-state index in [-0.39, 0.29) is 4.69 Å². The summed E-state index contributed by atoms with van der Waals surface area (Å²) in [7, 11) is 1.51. The minimum atomic E-state index is -0.494. The Morgan fingerprint density at radius 1 is 1.42 bits per heavy atom. The molecule has 0 aliphatic rings. The topological polar surface area (TPSA) is 26.3 Å². The van der Waals surface area contributed by atoms with Gasteiger partial charge in [0.15, 0.2) is 6.10 Å². The van der Waals surface area contributed by atoms with E-state index in [2.05, 4.69) is 15.9 Å². The van der Waals surface area contributed by atoms with Crippen molar-refractivity contribution in [1.29, 1.82) is 0 Å². The minimum Gasteiger partial charge on any atom is -0.368 e. The molecule has 1 aromatic rings. The van der Waals surface area contributed by atoms with Crippen molar-refractivity contribution in [1.82, 2.24) is 0 Å². The Labute approximate surface area is 79.7 Å². The lowest BCUT2D eigenvalue weighted by molar-refractivity contribution is -0.119. The average molecular weight is 229 g/mol. The predicted molar refractivity (Wildman–Crippen MR) is 50.1 cm³/mol. The Morgan fingerprint density at radius 3 is 2.42 bits per heavy atom. The normalized spacial score (nSPS) is 12.5. The maximum absolute atomic E-state index is 11.0. The summed E-state index contributed by atoms with van der Waals surface area (Å²) in [4.78, 5) is 11.0. The van der Waals surface area contributed by atoms with Gasteiger partial charge in [-0.2, -0.15) is 0 Å². The van der Waals surface area contributed by atoms with Crippen LogP contribution in [0, 0.1) is 0 Å². The van der Waals surface area contributed by atoms with Crippen LogP contribution in [0.25, 0.3) is 0 Å². The first-order valence-corrected chi connectivity index (χ1v) is 4.32. The first-order chi connectivity index (χ1) is 5.75. The third kappa shape index (κ3) is 2.16. The molecule has 1 unspecified atom stereocenters. The number of carbonyl (C=O) groups is 1. The van der Waals surface area contributed by atoms with Gasteiger partial charge in [-0.25, -0.2) is 0 Å². The zero-order chi connectivity index (χ0) is 8.97. The molecule has 3 heteroatoms. The van der Waals surface area contributed by atoms with Crippen LogP contribution in [-0.2, 0) is 9.53 Å². The highest BCUT2D eigenvalue weighted by atomic mass is 79.9. The van der Waals surface area contributed by atoms with Crippen molar-refractivity contribution in [2.75, 3.05) is 7.11 Å². The summed E-state index contributed by atoms with van der Waals surface area (Å²) in [6.07, 6.45) is -0.494. The van der Waals surface area contributed by atoms with Gasteiger partial charge < -0.3 is 4.74 Å². The van der Waals surface area contributed by atoms with Gasteiger partial charge in [0.2, 0.25) is 4.69 Å². The Hall–Kier alpha value is -0.670. The van der Waals surface area contributed by atoms with E-state index < -0.39 is 6.10 Å². The number of benzene rings is 1. The Balaban J connectivity index is 2.88. The highest BCUT2D eigenvalue weighted by Crippen LogP contribution is 2.19. The molecule has 0 fully saturated rings. The van der Waals surface area contributed by atoms with E-state index in [0.717, 1.165) is 5.56 Å². The molecule has 0 bridgehead atoms. The van der Waals surface area contributed by atoms with Gasteiger partial charge in [-0.1, -0.05) is 30.3 Å². The lowest BCUT2D eigenvalue weighted by Gasteiger charge is -2.09. The van der Waals surface area contributed by atoms with E-state index in [0.29, 0.717) is 0 Å². The van der Waals surface area contributed by atoms with Crippen LogP contribution in [0.5, 0.6) is 0 Å². The van der Waals surface area contributed by atoms with Crippen LogP contribution in [0.4, 0.5) is 0 Å². The second kappa shape index (κ2) is 4.38. The van der Waals surface area contributed by atoms with E-state index in [9.17, 15) is 4.79 Å². The fourth-order valence-corrected chi connectivity index (χ4v) is 1.44. The number of rotatable bonds is 3. The highest BCUT2D eigenvalue weighted by molar-refractivity contribution is 9.18. The van der Waals surface area contributed by atoms with Crippen LogP contribution >= 0.6 is 15.9 Å². The van der Waals surface area contributed by atoms with Crippen LogP contribution < -0.4 is 0 Å². The fourth-order valence-electron chi connectivity index (χ4n) is 0.988. The molecule has 12 heavy (non-hydrogen) atoms. The number of methoxy groups -OCH3 is 1. The summed E-state index contributed by atoms with van der Waals surface area (Å²) in [5.74, 6) is 0. The van der Waals surface area contributed by atoms with Crippen LogP contribution in [0.15, 0.2) is 30.3 Å². The summed E-state index contributed by atoms with van der Waals surface area (Å²) in [6, 6.07) is 9.35. The van der Waals surface area contributed by atoms with Crippen LogP contribution in [0.2, 0.25) is 0 Å². The number of carbonyl (C=O) groups excluding carboxylic acids is 1. The standard InChI is InChI=1S/C9H9BrO2/c1-12-8(9(10)11)7-5-3-2-4-6-7/h2-6,8H,1H3. The molecule has 0 N–H and O–H groups in total. The van der Waals surface area contributed by atoms with Crippen LogP contribution in [0.1, 0.15) is 11.7 Å². The van der Waals surface area contributed by atoms with Gasteiger partial charge in [0.05, 0.1) is 0 Å². The van der Waals surface area contributed by atoms with E-state index in [1.54, 1.807) is 0 Å². The molecule has 64 valence electrons. The number of hydrogen-bond donors (Lipinski definition) is 0. The maximum atomic E-state index is 11.0. The van der Waals surface area contributed by atoms with E-state index in [4.69, 9.17) is 4.74 Å². The van der Waals surface area contributed by atoms with Crippen molar-refractivity contribution in [2.24, 2.45) is 0 Å². The third-order valence-corrected chi connectivity index (χ3v) is 1.96. The molecule has 0 spiro atoms. The van der Waals surface area contributed by atoms with Crippen molar-refractivity contribution >= 4 is 20.6 Å². The second-order valence-corrected chi connectivity index (χ2v) is 3.11. The summed E-state index contributed by atoms with van der Waals surface area (Å²) >= 11 is 2.87. The summed E-state index contributed by atoms with van der Waals surface area (Å²) < 4.78 is 4.85. The van der Waals surface area contributed by atoms with Gasteiger partial charge in [-0.3, -0.25) is 4.79 Å². The lowest BCUT2D eigenvalue weighted by Crippen LogP contribution is -2.07. The minimum absolute atomic E-state index is 0.156. The fraction of sp³-hybridized carbons (Fsp3) is 0.222. The Morgan fingerprint density at radius 2 is 2.00 bits per heavy atom. The number of ether oxygens (including phenoxy) is 1. The molecule has 1 atom stereocenters. The van der Waals surface area contributed by atoms with E-state index >= 15 is 0 Å². The van der Waals surface area contributed by atoms with Crippen molar-refractivity contribution in [3.05, 3.63) is 35.9 Å². The largest absolute Gasteiger partial charge is 0.368 e.